The van der Waals surface area contributed by atoms with Crippen LogP contribution in [0.3, 0.4) is 0 Å². The maximum Gasteiger partial charge on any atom is 0.185 e. The predicted octanol–water partition coefficient (Wildman–Crippen LogP) is 3.97. The predicted molar refractivity (Wildman–Crippen MR) is 74.2 cm³/mol. The molecule has 2 nitrogen and oxygen atoms in total. The first-order valence-corrected chi connectivity index (χ1v) is 7.32. The highest BCUT2D eigenvalue weighted by Gasteiger charge is 2.22. The van der Waals surface area contributed by atoms with Gasteiger partial charge in [-0.2, -0.15) is 0 Å². The van der Waals surface area contributed by atoms with Gasteiger partial charge in [-0.25, -0.2) is 17.6 Å². The van der Waals surface area contributed by atoms with E-state index < -0.39 is 29.0 Å². The minimum atomic E-state index is -1.39. The van der Waals surface area contributed by atoms with E-state index in [9.17, 15) is 17.6 Å². The largest absolute Gasteiger partial charge is 0.378 e. The Morgan fingerprint density at radius 2 is 1.81 bits per heavy atom. The molecule has 1 aliphatic rings. The van der Waals surface area contributed by atoms with Crippen LogP contribution in [0, 0.1) is 23.3 Å². The van der Waals surface area contributed by atoms with Crippen molar-refractivity contribution < 1.29 is 17.6 Å². The Morgan fingerprint density at radius 3 is 2.48 bits per heavy atom. The van der Waals surface area contributed by atoms with Crippen molar-refractivity contribution in [1.82, 2.24) is 5.32 Å². The van der Waals surface area contributed by atoms with Gasteiger partial charge in [-0.05, 0) is 32.7 Å². The fourth-order valence-electron chi connectivity index (χ4n) is 2.73. The second-order valence-electron chi connectivity index (χ2n) is 5.62. The number of hydrogen-bond donors (Lipinski definition) is 2. The molecule has 0 spiro atoms. The first-order valence-electron chi connectivity index (χ1n) is 7.32. The van der Waals surface area contributed by atoms with Crippen LogP contribution in [-0.2, 0) is 0 Å². The summed E-state index contributed by atoms with van der Waals surface area (Å²) in [7, 11) is 0. The standard InChI is InChI=1S/C15H20F4N2/c1-9(7-10-5-3-2-4-6-20-10)21-15-13(18)11(16)8-12(17)14(15)19/h8-10,20-21H,2-7H2,1H3. The van der Waals surface area contributed by atoms with E-state index in [1.807, 2.05) is 0 Å². The van der Waals surface area contributed by atoms with E-state index in [1.165, 1.54) is 6.42 Å². The molecule has 0 aromatic heterocycles. The maximum absolute atomic E-state index is 13.6. The van der Waals surface area contributed by atoms with Gasteiger partial charge in [-0.15, -0.1) is 0 Å². The Hall–Kier alpha value is -1.30. The van der Waals surface area contributed by atoms with Gasteiger partial charge in [0.15, 0.2) is 23.3 Å². The topological polar surface area (TPSA) is 24.1 Å². The molecule has 21 heavy (non-hydrogen) atoms. The summed E-state index contributed by atoms with van der Waals surface area (Å²) >= 11 is 0. The third-order valence-electron chi connectivity index (χ3n) is 3.80. The van der Waals surface area contributed by atoms with Crippen LogP contribution in [0.15, 0.2) is 6.07 Å². The molecular formula is C15H20F4N2. The Labute approximate surface area is 121 Å². The highest BCUT2D eigenvalue weighted by atomic mass is 19.2. The zero-order chi connectivity index (χ0) is 15.4. The number of benzene rings is 1. The summed E-state index contributed by atoms with van der Waals surface area (Å²) in [5.74, 6) is -5.54. The average Bonchev–Trinajstić information content (AvgIpc) is 2.70. The molecule has 2 N–H and O–H groups in total. The molecule has 1 fully saturated rings. The molecule has 0 amide bonds. The molecular weight excluding hydrogens is 284 g/mol. The van der Waals surface area contributed by atoms with E-state index in [-0.39, 0.29) is 18.2 Å². The van der Waals surface area contributed by atoms with Crippen molar-refractivity contribution in [2.45, 2.75) is 51.1 Å². The third kappa shape index (κ3) is 4.09. The highest BCUT2D eigenvalue weighted by molar-refractivity contribution is 5.48. The monoisotopic (exact) mass is 304 g/mol. The summed E-state index contributed by atoms with van der Waals surface area (Å²) < 4.78 is 53.5. The summed E-state index contributed by atoms with van der Waals surface area (Å²) in [6.45, 7) is 2.67. The van der Waals surface area contributed by atoms with Crippen molar-refractivity contribution in [2.75, 3.05) is 11.9 Å². The fourth-order valence-corrected chi connectivity index (χ4v) is 2.73. The molecule has 0 aliphatic carbocycles. The quantitative estimate of drug-likeness (QED) is 0.650. The lowest BCUT2D eigenvalue weighted by Crippen LogP contribution is -2.34. The molecule has 1 aromatic carbocycles. The Morgan fingerprint density at radius 1 is 1.14 bits per heavy atom. The van der Waals surface area contributed by atoms with Crippen molar-refractivity contribution in [3.8, 4) is 0 Å². The van der Waals surface area contributed by atoms with Gasteiger partial charge in [0.05, 0.1) is 0 Å². The second-order valence-corrected chi connectivity index (χ2v) is 5.62. The molecule has 1 saturated heterocycles. The van der Waals surface area contributed by atoms with Gasteiger partial charge < -0.3 is 10.6 Å². The number of hydrogen-bond acceptors (Lipinski definition) is 2. The molecule has 1 aliphatic heterocycles. The number of halogens is 4. The minimum absolute atomic E-state index is 0.216. The smallest absolute Gasteiger partial charge is 0.185 e. The van der Waals surface area contributed by atoms with Gasteiger partial charge in [0.1, 0.15) is 5.69 Å². The number of anilines is 1. The van der Waals surface area contributed by atoms with Crippen LogP contribution in [0.5, 0.6) is 0 Å². The van der Waals surface area contributed by atoms with Crippen LogP contribution < -0.4 is 10.6 Å². The summed E-state index contributed by atoms with van der Waals surface area (Å²) in [6, 6.07) is 0.165. The van der Waals surface area contributed by atoms with E-state index >= 15 is 0 Å². The van der Waals surface area contributed by atoms with Crippen molar-refractivity contribution in [2.24, 2.45) is 0 Å². The van der Waals surface area contributed by atoms with Crippen molar-refractivity contribution in [1.29, 1.82) is 0 Å². The summed E-state index contributed by atoms with van der Waals surface area (Å²) in [4.78, 5) is 0. The third-order valence-corrected chi connectivity index (χ3v) is 3.80. The van der Waals surface area contributed by atoms with Crippen molar-refractivity contribution in [3.63, 3.8) is 0 Å². The normalized spacial score (nSPS) is 20.9. The van der Waals surface area contributed by atoms with Crippen molar-refractivity contribution >= 4 is 5.69 Å². The Bertz CT molecular complexity index is 459. The van der Waals surface area contributed by atoms with Crippen LogP contribution in [-0.4, -0.2) is 18.6 Å². The Balaban J connectivity index is 2.03. The van der Waals surface area contributed by atoms with Crippen molar-refractivity contribution in [3.05, 3.63) is 29.3 Å². The number of nitrogens with one attached hydrogen (secondary N) is 2. The molecule has 118 valence electrons. The summed E-state index contributed by atoms with van der Waals surface area (Å²) in [5.41, 5.74) is -0.728. The van der Waals surface area contributed by atoms with Gasteiger partial charge in [0.2, 0.25) is 0 Å². The van der Waals surface area contributed by atoms with Crippen LogP contribution >= 0.6 is 0 Å². The van der Waals surface area contributed by atoms with Crippen LogP contribution in [0.2, 0.25) is 0 Å². The Kier molecular flexibility index (Phi) is 5.45. The second kappa shape index (κ2) is 7.11. The molecule has 1 aromatic rings. The van der Waals surface area contributed by atoms with Gasteiger partial charge in [-0.3, -0.25) is 0 Å². The summed E-state index contributed by atoms with van der Waals surface area (Å²) in [6.07, 6.45) is 5.04. The highest BCUT2D eigenvalue weighted by Crippen LogP contribution is 2.25. The lowest BCUT2D eigenvalue weighted by Gasteiger charge is -2.22. The first kappa shape index (κ1) is 16.1. The molecule has 2 unspecified atom stereocenters. The first-order chi connectivity index (χ1) is 9.99. The van der Waals surface area contributed by atoms with E-state index in [1.54, 1.807) is 6.92 Å². The van der Waals surface area contributed by atoms with Crippen LogP contribution in [0.4, 0.5) is 23.2 Å². The molecule has 0 bridgehead atoms. The minimum Gasteiger partial charge on any atom is -0.378 e. The maximum atomic E-state index is 13.6. The van der Waals surface area contributed by atoms with E-state index in [4.69, 9.17) is 0 Å². The van der Waals surface area contributed by atoms with E-state index in [2.05, 4.69) is 10.6 Å². The van der Waals surface area contributed by atoms with E-state index in [0.717, 1.165) is 25.8 Å². The van der Waals surface area contributed by atoms with Gasteiger partial charge in [0.25, 0.3) is 0 Å². The molecule has 0 saturated carbocycles. The molecule has 0 radical (unpaired) electrons. The lowest BCUT2D eigenvalue weighted by molar-refractivity contribution is 0.441. The van der Waals surface area contributed by atoms with Gasteiger partial charge in [0, 0.05) is 18.2 Å². The SMILES string of the molecule is CC(CC1CCCCCN1)Nc1c(F)c(F)cc(F)c1F. The molecule has 2 rings (SSSR count). The average molecular weight is 304 g/mol. The van der Waals surface area contributed by atoms with Gasteiger partial charge in [-0.1, -0.05) is 12.8 Å². The molecule has 1 heterocycles. The molecule has 2 atom stereocenters. The van der Waals surface area contributed by atoms with Crippen LogP contribution in [0.1, 0.15) is 39.0 Å². The molecule has 6 heteroatoms. The zero-order valence-corrected chi connectivity index (χ0v) is 12.0. The lowest BCUT2D eigenvalue weighted by atomic mass is 10.0. The van der Waals surface area contributed by atoms with Gasteiger partial charge >= 0.3 is 0 Å². The summed E-state index contributed by atoms with van der Waals surface area (Å²) in [5, 5.41) is 5.93. The number of rotatable bonds is 4. The zero-order valence-electron chi connectivity index (χ0n) is 12.0. The fraction of sp³-hybridized carbons (Fsp3) is 0.600. The van der Waals surface area contributed by atoms with Crippen LogP contribution in [0.25, 0.3) is 0 Å². The van der Waals surface area contributed by atoms with E-state index in [0.29, 0.717) is 6.42 Å².